The lowest BCUT2D eigenvalue weighted by molar-refractivity contribution is -0.114. The van der Waals surface area contributed by atoms with Crippen LogP contribution in [-0.2, 0) is 24.7 Å². The number of hydrogen-bond donors (Lipinski definition) is 1. The van der Waals surface area contributed by atoms with Gasteiger partial charge in [-0.3, -0.25) is 10.2 Å². The molecule has 2 aliphatic heterocycles. The van der Waals surface area contributed by atoms with Gasteiger partial charge in [0.1, 0.15) is 4.90 Å². The van der Waals surface area contributed by atoms with Gasteiger partial charge in [0.05, 0.1) is 12.7 Å². The number of carbonyl (C=O) groups excluding carboxylic acids is 1. The van der Waals surface area contributed by atoms with Gasteiger partial charge in [0, 0.05) is 6.26 Å². The molecular weight excluding hydrogens is 516 g/mol. The molecule has 2 aliphatic rings. The quantitative estimate of drug-likeness (QED) is 0.449. The van der Waals surface area contributed by atoms with Crippen LogP contribution in [0.1, 0.15) is 11.1 Å². The number of rotatable bonds is 5. The Morgan fingerprint density at radius 2 is 1.74 bits per heavy atom. The van der Waals surface area contributed by atoms with E-state index in [1.165, 1.54) is 43.5 Å². The van der Waals surface area contributed by atoms with Gasteiger partial charge in [0.2, 0.25) is 19.4 Å². The second-order valence-electron chi connectivity index (χ2n) is 7.42. The molecular formula is C21H18N4O7S3. The molecule has 0 aromatic heterocycles. The molecule has 2 heterocycles. The van der Waals surface area contributed by atoms with Gasteiger partial charge in [0.25, 0.3) is 5.91 Å². The van der Waals surface area contributed by atoms with Crippen LogP contribution < -0.4 is 8.92 Å². The Kier molecular flexibility index (Phi) is 6.29. The Labute approximate surface area is 205 Å². The number of nitrogens with zero attached hydrogens (tertiary/aromatic N) is 3. The molecule has 0 bridgehead atoms. The van der Waals surface area contributed by atoms with Gasteiger partial charge in [0.15, 0.2) is 17.3 Å². The van der Waals surface area contributed by atoms with Crippen LogP contribution in [0, 0.1) is 12.3 Å². The third-order valence-electron chi connectivity index (χ3n) is 4.76. The number of nitrogens with one attached hydrogen (secondary N) is 1. The zero-order chi connectivity index (χ0) is 25.5. The fourth-order valence-corrected chi connectivity index (χ4v) is 5.63. The molecule has 1 N–H and O–H groups in total. The highest BCUT2D eigenvalue weighted by Crippen LogP contribution is 2.33. The molecule has 14 heteroatoms. The second kappa shape index (κ2) is 8.94. The molecule has 2 aromatic rings. The first-order valence-electron chi connectivity index (χ1n) is 9.78. The molecule has 1 amide bonds. The second-order valence-corrected chi connectivity index (χ2v) is 12.1. The third-order valence-corrected chi connectivity index (χ3v) is 8.59. The van der Waals surface area contributed by atoms with Gasteiger partial charge in [-0.15, -0.1) is 5.10 Å². The van der Waals surface area contributed by atoms with E-state index in [2.05, 4.69) is 10.1 Å². The van der Waals surface area contributed by atoms with Crippen LogP contribution in [-0.4, -0.2) is 56.5 Å². The minimum absolute atomic E-state index is 0.0243. The highest BCUT2D eigenvalue weighted by Gasteiger charge is 2.38. The monoisotopic (exact) mass is 534 g/mol. The van der Waals surface area contributed by atoms with Crippen molar-refractivity contribution in [3.05, 3.63) is 59.2 Å². The average molecular weight is 535 g/mol. The number of methoxy groups -OCH3 is 1. The van der Waals surface area contributed by atoms with Crippen LogP contribution in [0.5, 0.6) is 11.5 Å². The summed E-state index contributed by atoms with van der Waals surface area (Å²) in [7, 11) is -6.44. The highest BCUT2D eigenvalue weighted by atomic mass is 32.3. The van der Waals surface area contributed by atoms with E-state index in [0.717, 1.165) is 16.8 Å². The first-order chi connectivity index (χ1) is 16.4. The molecule has 35 heavy (non-hydrogen) atoms. The summed E-state index contributed by atoms with van der Waals surface area (Å²) in [4.78, 5) is 16.3. The lowest BCUT2D eigenvalue weighted by Gasteiger charge is -2.20. The largest absolute Gasteiger partial charge is 0.493 e. The van der Waals surface area contributed by atoms with Crippen molar-refractivity contribution < 1.29 is 30.6 Å². The Balaban J connectivity index is 1.64. The Morgan fingerprint density at radius 3 is 2.37 bits per heavy atom. The number of thioether (sulfide) groups is 1. The lowest BCUT2D eigenvalue weighted by atomic mass is 10.1. The van der Waals surface area contributed by atoms with Gasteiger partial charge in [-0.2, -0.15) is 18.4 Å². The van der Waals surface area contributed by atoms with Crippen LogP contribution in [0.25, 0.3) is 6.08 Å². The van der Waals surface area contributed by atoms with Crippen molar-refractivity contribution in [1.82, 2.24) is 5.01 Å². The highest BCUT2D eigenvalue weighted by molar-refractivity contribution is 8.42. The molecule has 0 spiro atoms. The number of ether oxygens (including phenoxy) is 1. The minimum Gasteiger partial charge on any atom is -0.493 e. The minimum atomic E-state index is -4.12. The van der Waals surface area contributed by atoms with E-state index < -0.39 is 25.9 Å². The first-order valence-corrected chi connectivity index (χ1v) is 13.9. The number of hydrazone groups is 1. The van der Waals surface area contributed by atoms with Crippen molar-refractivity contribution in [3.63, 3.8) is 0 Å². The molecule has 2 aromatic carbocycles. The number of fused-ring (bicyclic) bond motifs is 1. The fourth-order valence-electron chi connectivity index (χ4n) is 3.01. The Bertz CT molecular complexity index is 1560. The van der Waals surface area contributed by atoms with Gasteiger partial charge < -0.3 is 8.92 Å². The maximum absolute atomic E-state index is 12.6. The van der Waals surface area contributed by atoms with Gasteiger partial charge in [-0.25, -0.2) is 8.42 Å². The summed E-state index contributed by atoms with van der Waals surface area (Å²) in [6, 6.07) is 10.4. The van der Waals surface area contributed by atoms with Gasteiger partial charge in [-0.1, -0.05) is 23.8 Å². The number of amidine groups is 2. The van der Waals surface area contributed by atoms with Crippen molar-refractivity contribution in [2.24, 2.45) is 10.1 Å². The summed E-state index contributed by atoms with van der Waals surface area (Å²) in [6.45, 7) is 1.83. The summed E-state index contributed by atoms with van der Waals surface area (Å²) >= 11 is 0.685. The number of sulfone groups is 1. The Hall–Kier alpha value is -3.49. The predicted molar refractivity (Wildman–Crippen MR) is 132 cm³/mol. The molecule has 0 unspecified atom stereocenters. The number of benzene rings is 2. The molecule has 4 rings (SSSR count). The van der Waals surface area contributed by atoms with Crippen molar-refractivity contribution in [2.45, 2.75) is 11.8 Å². The summed E-state index contributed by atoms with van der Waals surface area (Å²) < 4.78 is 59.0. The summed E-state index contributed by atoms with van der Waals surface area (Å²) in [5.74, 6) is -1.10. The molecule has 0 atom stereocenters. The number of aliphatic imine (C=N–C) groups is 1. The van der Waals surface area contributed by atoms with Crippen molar-refractivity contribution in [2.75, 3.05) is 13.4 Å². The van der Waals surface area contributed by atoms with E-state index >= 15 is 0 Å². The normalized spacial score (nSPS) is 17.2. The summed E-state index contributed by atoms with van der Waals surface area (Å²) in [6.07, 6.45) is 2.30. The lowest BCUT2D eigenvalue weighted by Crippen LogP contribution is -2.35. The number of amides is 1. The van der Waals surface area contributed by atoms with Crippen molar-refractivity contribution in [3.8, 4) is 11.5 Å². The standard InChI is InChI=1S/C21H18N4O7S3/c1-12-4-7-14(8-5-12)35(29,30)32-16-9-6-13(11-17(16)31-2)10-15-18(22)25-20(23-19(15)26)33-21(24-25)34(3,27)28/h4-11,22H,1-3H3/b15-10+,22-18?. The fraction of sp³-hybridized carbons (Fsp3) is 0.143. The summed E-state index contributed by atoms with van der Waals surface area (Å²) in [5, 5.41) is 13.1. The first kappa shape index (κ1) is 24.6. The number of hydrogen-bond acceptors (Lipinski definition) is 10. The zero-order valence-electron chi connectivity index (χ0n) is 18.5. The number of carbonyl (C=O) groups is 1. The molecule has 182 valence electrons. The van der Waals surface area contributed by atoms with Crippen molar-refractivity contribution in [1.29, 1.82) is 5.41 Å². The van der Waals surface area contributed by atoms with E-state index in [0.29, 0.717) is 17.3 Å². The maximum atomic E-state index is 12.6. The van der Waals surface area contributed by atoms with Crippen molar-refractivity contribution >= 4 is 59.1 Å². The van der Waals surface area contributed by atoms with Gasteiger partial charge in [-0.05, 0) is 54.6 Å². The molecule has 0 fully saturated rings. The smallest absolute Gasteiger partial charge is 0.339 e. The van der Waals surface area contributed by atoms with Crippen LogP contribution in [0.2, 0.25) is 0 Å². The molecule has 11 nitrogen and oxygen atoms in total. The summed E-state index contributed by atoms with van der Waals surface area (Å²) in [5.41, 5.74) is 1.13. The van der Waals surface area contributed by atoms with Crippen LogP contribution >= 0.6 is 11.8 Å². The third kappa shape index (κ3) is 4.99. The Morgan fingerprint density at radius 1 is 1.06 bits per heavy atom. The van der Waals surface area contributed by atoms with E-state index in [1.807, 2.05) is 6.92 Å². The van der Waals surface area contributed by atoms with E-state index in [9.17, 15) is 21.6 Å². The molecule has 0 aliphatic carbocycles. The molecule has 0 radical (unpaired) electrons. The average Bonchev–Trinajstić information content (AvgIpc) is 3.22. The van der Waals surface area contributed by atoms with Crippen LogP contribution in [0.4, 0.5) is 0 Å². The van der Waals surface area contributed by atoms with Gasteiger partial charge >= 0.3 is 10.1 Å². The van der Waals surface area contributed by atoms with E-state index in [1.54, 1.807) is 12.1 Å². The number of aryl methyl sites for hydroxylation is 1. The predicted octanol–water partition coefficient (Wildman–Crippen LogP) is 2.39. The van der Waals surface area contributed by atoms with E-state index in [-0.39, 0.29) is 37.3 Å². The maximum Gasteiger partial charge on any atom is 0.339 e. The van der Waals surface area contributed by atoms with E-state index in [4.69, 9.17) is 14.3 Å². The molecule has 0 saturated carbocycles. The molecule has 0 saturated heterocycles. The SMILES string of the molecule is COc1cc(/C=C2\C(=N)N3N=C(S(C)(=O)=O)SC3=NC2=O)ccc1OS(=O)(=O)c1ccc(C)cc1. The van der Waals surface area contributed by atoms with Crippen LogP contribution in [0.15, 0.2) is 63.0 Å². The topological polar surface area (TPSA) is 156 Å². The zero-order valence-corrected chi connectivity index (χ0v) is 21.0. The van der Waals surface area contributed by atoms with Crippen LogP contribution in [0.3, 0.4) is 0 Å².